The smallest absolute Gasteiger partial charge is 0.191 e. The molecule has 0 bridgehead atoms. The van der Waals surface area contributed by atoms with E-state index in [0.29, 0.717) is 13.2 Å². The maximum Gasteiger partial charge on any atom is 0.191 e. The summed E-state index contributed by atoms with van der Waals surface area (Å²) in [7, 11) is 0. The summed E-state index contributed by atoms with van der Waals surface area (Å²) in [6.07, 6.45) is 2.92. The van der Waals surface area contributed by atoms with E-state index in [1.807, 2.05) is 18.2 Å². The Morgan fingerprint density at radius 2 is 2.12 bits per heavy atom. The molecule has 7 nitrogen and oxygen atoms in total. The molecule has 1 aromatic heterocycles. The number of para-hydroxylation sites is 2. The highest BCUT2D eigenvalue weighted by Crippen LogP contribution is 2.24. The van der Waals surface area contributed by atoms with Gasteiger partial charge in [-0.15, -0.1) is 24.0 Å². The average Bonchev–Trinajstić information content (AvgIpc) is 3.45. The predicted octanol–water partition coefficient (Wildman–Crippen LogP) is 4.34. The Hall–Kier alpha value is -2.33. The molecule has 1 saturated heterocycles. The first-order valence-electron chi connectivity index (χ1n) is 11.5. The minimum Gasteiger partial charge on any atom is -0.488 e. The van der Waals surface area contributed by atoms with E-state index in [1.54, 1.807) is 0 Å². The number of aliphatic imine (C=N–C) groups is 1. The van der Waals surface area contributed by atoms with Gasteiger partial charge in [0.25, 0.3) is 0 Å². The highest BCUT2D eigenvalue weighted by atomic mass is 127. The molecule has 0 aliphatic carbocycles. The van der Waals surface area contributed by atoms with Crippen molar-refractivity contribution in [2.75, 3.05) is 26.3 Å². The number of fused-ring (bicyclic) bond motifs is 1. The first-order chi connectivity index (χ1) is 15.7. The molecule has 0 amide bonds. The molecular formula is C25H34IN5O2. The van der Waals surface area contributed by atoms with Crippen LogP contribution < -0.4 is 15.4 Å². The van der Waals surface area contributed by atoms with Crippen molar-refractivity contribution < 1.29 is 9.47 Å². The molecule has 33 heavy (non-hydrogen) atoms. The standard InChI is InChI=1S/C25H33N5O2.HI/c1-3-26-25(27-13-6-9-24-29-21-7-4-5-8-22(21)30-24)28-16-19-11-10-18(2)15-23(19)32-20-12-14-31-17-20;/h4-5,7-8,10-11,15,20H,3,6,9,12-14,16-17H2,1-2H3,(H,29,30)(H2,26,27,28);1H. The summed E-state index contributed by atoms with van der Waals surface area (Å²) in [5, 5.41) is 6.77. The number of aromatic amines is 1. The third kappa shape index (κ3) is 7.33. The van der Waals surface area contributed by atoms with Crippen molar-refractivity contribution in [1.82, 2.24) is 20.6 Å². The van der Waals surface area contributed by atoms with Crippen LogP contribution >= 0.6 is 24.0 Å². The summed E-state index contributed by atoms with van der Waals surface area (Å²) < 4.78 is 11.7. The first-order valence-corrected chi connectivity index (χ1v) is 11.5. The number of hydrogen-bond donors (Lipinski definition) is 3. The van der Waals surface area contributed by atoms with E-state index in [9.17, 15) is 0 Å². The third-order valence-corrected chi connectivity index (χ3v) is 5.48. The second-order valence-corrected chi connectivity index (χ2v) is 8.14. The largest absolute Gasteiger partial charge is 0.488 e. The van der Waals surface area contributed by atoms with Gasteiger partial charge in [-0.2, -0.15) is 0 Å². The summed E-state index contributed by atoms with van der Waals surface area (Å²) >= 11 is 0. The molecule has 8 heteroatoms. The fourth-order valence-corrected chi connectivity index (χ4v) is 3.78. The zero-order valence-corrected chi connectivity index (χ0v) is 21.7. The number of guanidine groups is 1. The molecule has 0 spiro atoms. The molecule has 1 atom stereocenters. The van der Waals surface area contributed by atoms with Crippen molar-refractivity contribution >= 4 is 41.0 Å². The topological polar surface area (TPSA) is 83.6 Å². The number of aryl methyl sites for hydroxylation is 2. The predicted molar refractivity (Wildman–Crippen MR) is 144 cm³/mol. The van der Waals surface area contributed by atoms with Crippen LogP contribution in [0.5, 0.6) is 5.75 Å². The van der Waals surface area contributed by atoms with E-state index in [4.69, 9.17) is 14.5 Å². The van der Waals surface area contributed by atoms with Crippen LogP contribution in [0.4, 0.5) is 0 Å². The number of ether oxygens (including phenoxy) is 2. The summed E-state index contributed by atoms with van der Waals surface area (Å²) in [4.78, 5) is 12.8. The summed E-state index contributed by atoms with van der Waals surface area (Å²) in [6, 6.07) is 14.4. The van der Waals surface area contributed by atoms with Crippen LogP contribution in [0.25, 0.3) is 11.0 Å². The zero-order valence-electron chi connectivity index (χ0n) is 19.4. The van der Waals surface area contributed by atoms with E-state index in [0.717, 1.165) is 73.1 Å². The van der Waals surface area contributed by atoms with Gasteiger partial charge in [0.2, 0.25) is 0 Å². The number of aromatic nitrogens is 2. The Balaban J connectivity index is 0.00000306. The Kier molecular flexibility index (Phi) is 9.80. The molecule has 2 heterocycles. The van der Waals surface area contributed by atoms with Gasteiger partial charge in [0.05, 0.1) is 30.8 Å². The van der Waals surface area contributed by atoms with Crippen molar-refractivity contribution in [2.24, 2.45) is 4.99 Å². The molecule has 178 valence electrons. The van der Waals surface area contributed by atoms with Crippen LogP contribution in [-0.4, -0.2) is 48.3 Å². The van der Waals surface area contributed by atoms with Gasteiger partial charge < -0.3 is 25.1 Å². The number of rotatable bonds is 9. The number of H-pyrrole nitrogens is 1. The normalized spacial score (nSPS) is 15.9. The fourth-order valence-electron chi connectivity index (χ4n) is 3.78. The van der Waals surface area contributed by atoms with Gasteiger partial charge in [-0.25, -0.2) is 9.98 Å². The van der Waals surface area contributed by atoms with E-state index in [1.165, 1.54) is 5.56 Å². The Morgan fingerprint density at radius 3 is 2.91 bits per heavy atom. The SMILES string of the molecule is CCNC(=NCc1ccc(C)cc1OC1CCOC1)NCCCc1nc2ccccc2[nH]1.I. The fraction of sp³-hybridized carbons (Fsp3) is 0.440. The zero-order chi connectivity index (χ0) is 22.2. The number of nitrogens with one attached hydrogen (secondary N) is 3. The van der Waals surface area contributed by atoms with Crippen LogP contribution in [0.1, 0.15) is 36.7 Å². The molecule has 1 aliphatic rings. The quantitative estimate of drug-likeness (QED) is 0.156. The minimum absolute atomic E-state index is 0. The first kappa shape index (κ1) is 25.3. The van der Waals surface area contributed by atoms with Gasteiger partial charge in [0.15, 0.2) is 5.96 Å². The lowest BCUT2D eigenvalue weighted by Gasteiger charge is -2.16. The molecule has 0 radical (unpaired) electrons. The number of halogens is 1. The second-order valence-electron chi connectivity index (χ2n) is 8.14. The van der Waals surface area contributed by atoms with Gasteiger partial charge in [-0.05, 0) is 44.0 Å². The Morgan fingerprint density at radius 1 is 1.24 bits per heavy atom. The lowest BCUT2D eigenvalue weighted by atomic mass is 10.1. The van der Waals surface area contributed by atoms with Crippen LogP contribution in [0.15, 0.2) is 47.5 Å². The third-order valence-electron chi connectivity index (χ3n) is 5.48. The molecule has 2 aromatic carbocycles. The van der Waals surface area contributed by atoms with Crippen molar-refractivity contribution in [1.29, 1.82) is 0 Å². The summed E-state index contributed by atoms with van der Waals surface area (Å²) in [6.45, 7) is 7.77. The van der Waals surface area contributed by atoms with Crippen molar-refractivity contribution in [3.8, 4) is 5.75 Å². The van der Waals surface area contributed by atoms with E-state index in [2.05, 4.69) is 58.7 Å². The van der Waals surface area contributed by atoms with Crippen LogP contribution in [0.3, 0.4) is 0 Å². The van der Waals surface area contributed by atoms with Gasteiger partial charge in [0.1, 0.15) is 17.7 Å². The van der Waals surface area contributed by atoms with E-state index in [-0.39, 0.29) is 30.1 Å². The Bertz CT molecular complexity index is 1010. The maximum absolute atomic E-state index is 6.21. The van der Waals surface area contributed by atoms with Crippen molar-refractivity contribution in [3.63, 3.8) is 0 Å². The highest BCUT2D eigenvalue weighted by Gasteiger charge is 2.18. The van der Waals surface area contributed by atoms with Gasteiger partial charge in [-0.3, -0.25) is 0 Å². The number of imidazole rings is 1. The second kappa shape index (κ2) is 12.8. The van der Waals surface area contributed by atoms with Crippen molar-refractivity contribution in [3.05, 3.63) is 59.4 Å². The molecule has 0 saturated carbocycles. The number of nitrogens with zero attached hydrogens (tertiary/aromatic N) is 2. The molecule has 1 aliphatic heterocycles. The van der Waals surface area contributed by atoms with Gasteiger partial charge in [0, 0.05) is 31.5 Å². The number of benzene rings is 2. The molecule has 3 N–H and O–H groups in total. The van der Waals surface area contributed by atoms with E-state index < -0.39 is 0 Å². The summed E-state index contributed by atoms with van der Waals surface area (Å²) in [5.74, 6) is 2.74. The van der Waals surface area contributed by atoms with E-state index >= 15 is 0 Å². The lowest BCUT2D eigenvalue weighted by molar-refractivity contribution is 0.140. The molecule has 1 fully saturated rings. The van der Waals surface area contributed by atoms with Crippen molar-refractivity contribution in [2.45, 2.75) is 45.8 Å². The molecule has 4 rings (SSSR count). The Labute approximate surface area is 212 Å². The van der Waals surface area contributed by atoms with Crippen LogP contribution in [-0.2, 0) is 17.7 Å². The number of hydrogen-bond acceptors (Lipinski definition) is 4. The molecular weight excluding hydrogens is 529 g/mol. The van der Waals surface area contributed by atoms with Crippen LogP contribution in [0.2, 0.25) is 0 Å². The maximum atomic E-state index is 6.21. The monoisotopic (exact) mass is 563 g/mol. The lowest BCUT2D eigenvalue weighted by Crippen LogP contribution is -2.37. The highest BCUT2D eigenvalue weighted by molar-refractivity contribution is 14.0. The minimum atomic E-state index is 0. The van der Waals surface area contributed by atoms with Gasteiger partial charge in [-0.1, -0.05) is 24.3 Å². The average molecular weight is 563 g/mol. The van der Waals surface area contributed by atoms with Crippen LogP contribution in [0, 0.1) is 6.92 Å². The van der Waals surface area contributed by atoms with Gasteiger partial charge >= 0.3 is 0 Å². The molecule has 3 aromatic rings. The molecule has 1 unspecified atom stereocenters. The summed E-state index contributed by atoms with van der Waals surface area (Å²) in [5.41, 5.74) is 4.38.